The van der Waals surface area contributed by atoms with E-state index in [9.17, 15) is 14.7 Å². The number of rotatable bonds is 6. The zero-order valence-corrected chi connectivity index (χ0v) is 16.0. The van der Waals surface area contributed by atoms with E-state index in [1.807, 2.05) is 86.6 Å². The molecule has 144 valence electrons. The zero-order valence-electron chi connectivity index (χ0n) is 16.0. The fourth-order valence-electron chi connectivity index (χ4n) is 3.38. The summed E-state index contributed by atoms with van der Waals surface area (Å²) in [5.74, 6) is -1.25. The second-order valence-corrected chi connectivity index (χ2v) is 7.10. The summed E-state index contributed by atoms with van der Waals surface area (Å²) in [6.07, 6.45) is 0. The van der Waals surface area contributed by atoms with Crippen molar-refractivity contribution in [2.45, 2.75) is 26.4 Å². The number of anilines is 1. The van der Waals surface area contributed by atoms with E-state index >= 15 is 0 Å². The molecule has 0 unspecified atom stereocenters. The number of nitrogens with zero attached hydrogens (tertiary/aromatic N) is 1. The van der Waals surface area contributed by atoms with Crippen LogP contribution in [0.15, 0.2) is 72.8 Å². The van der Waals surface area contributed by atoms with Gasteiger partial charge in [0, 0.05) is 11.9 Å². The number of carboxylic acids is 1. The van der Waals surface area contributed by atoms with Gasteiger partial charge in [-0.2, -0.15) is 0 Å². The van der Waals surface area contributed by atoms with Crippen molar-refractivity contribution in [2.24, 2.45) is 5.92 Å². The summed E-state index contributed by atoms with van der Waals surface area (Å²) in [4.78, 5) is 26.5. The van der Waals surface area contributed by atoms with Gasteiger partial charge < -0.3 is 15.3 Å². The van der Waals surface area contributed by atoms with Crippen molar-refractivity contribution < 1.29 is 14.7 Å². The molecule has 2 amide bonds. The average Bonchev–Trinajstić information content (AvgIpc) is 2.68. The van der Waals surface area contributed by atoms with Crippen molar-refractivity contribution in [3.8, 4) is 0 Å². The second kappa shape index (κ2) is 8.57. The standard InChI is InChI=1S/C23H24N2O3/c1-16(2)21(22(26)27)25(15-17-9-4-3-5-10-17)23(28)24-20-14-8-12-18-11-6-7-13-19(18)20/h3-14,16,21H,15H2,1-2H3,(H,24,28)(H,26,27)/t21-/m0/s1. The molecule has 3 aromatic rings. The molecule has 0 aromatic heterocycles. The first kappa shape index (κ1) is 19.4. The number of aliphatic carboxylic acids is 1. The summed E-state index contributed by atoms with van der Waals surface area (Å²) < 4.78 is 0. The Kier molecular flexibility index (Phi) is 5.94. The number of hydrogen-bond donors (Lipinski definition) is 2. The monoisotopic (exact) mass is 376 g/mol. The molecule has 3 aromatic carbocycles. The molecule has 0 bridgehead atoms. The molecule has 0 aliphatic carbocycles. The van der Waals surface area contributed by atoms with Crippen LogP contribution >= 0.6 is 0 Å². The van der Waals surface area contributed by atoms with Crippen molar-refractivity contribution >= 4 is 28.5 Å². The van der Waals surface area contributed by atoms with E-state index in [4.69, 9.17) is 0 Å². The lowest BCUT2D eigenvalue weighted by molar-refractivity contribution is -0.143. The quantitative estimate of drug-likeness (QED) is 0.637. The predicted octanol–water partition coefficient (Wildman–Crippen LogP) is 4.98. The van der Waals surface area contributed by atoms with Crippen LogP contribution in [0.1, 0.15) is 19.4 Å². The highest BCUT2D eigenvalue weighted by molar-refractivity contribution is 6.02. The molecule has 5 heteroatoms. The summed E-state index contributed by atoms with van der Waals surface area (Å²) in [5, 5.41) is 14.6. The Hall–Kier alpha value is -3.34. The molecule has 28 heavy (non-hydrogen) atoms. The third kappa shape index (κ3) is 4.31. The zero-order chi connectivity index (χ0) is 20.1. The Morgan fingerprint density at radius 2 is 1.57 bits per heavy atom. The highest BCUT2D eigenvalue weighted by Crippen LogP contribution is 2.24. The summed E-state index contributed by atoms with van der Waals surface area (Å²) in [7, 11) is 0. The van der Waals surface area contributed by atoms with Crippen LogP contribution in [0.3, 0.4) is 0 Å². The highest BCUT2D eigenvalue weighted by Gasteiger charge is 2.32. The fraction of sp³-hybridized carbons (Fsp3) is 0.217. The Bertz CT molecular complexity index is 965. The van der Waals surface area contributed by atoms with Crippen LogP contribution in [-0.2, 0) is 11.3 Å². The summed E-state index contributed by atoms with van der Waals surface area (Å²) in [6.45, 7) is 3.83. The minimum absolute atomic E-state index is 0.215. The largest absolute Gasteiger partial charge is 0.480 e. The second-order valence-electron chi connectivity index (χ2n) is 7.10. The Morgan fingerprint density at radius 1 is 0.929 bits per heavy atom. The van der Waals surface area contributed by atoms with E-state index < -0.39 is 18.0 Å². The number of urea groups is 1. The van der Waals surface area contributed by atoms with Crippen LogP contribution < -0.4 is 5.32 Å². The maximum Gasteiger partial charge on any atom is 0.326 e. The molecule has 0 saturated heterocycles. The minimum atomic E-state index is -1.01. The van der Waals surface area contributed by atoms with Gasteiger partial charge in [-0.15, -0.1) is 0 Å². The van der Waals surface area contributed by atoms with E-state index in [0.717, 1.165) is 16.3 Å². The maximum absolute atomic E-state index is 13.2. The van der Waals surface area contributed by atoms with E-state index in [0.29, 0.717) is 5.69 Å². The van der Waals surface area contributed by atoms with Gasteiger partial charge >= 0.3 is 12.0 Å². The molecule has 2 N–H and O–H groups in total. The average molecular weight is 376 g/mol. The van der Waals surface area contributed by atoms with Gasteiger partial charge in [-0.05, 0) is 22.9 Å². The lowest BCUT2D eigenvalue weighted by atomic mass is 10.0. The third-order valence-electron chi connectivity index (χ3n) is 4.71. The van der Waals surface area contributed by atoms with Crippen LogP contribution in [-0.4, -0.2) is 28.0 Å². The van der Waals surface area contributed by atoms with Crippen molar-refractivity contribution in [1.29, 1.82) is 0 Å². The van der Waals surface area contributed by atoms with Crippen molar-refractivity contribution in [3.63, 3.8) is 0 Å². The van der Waals surface area contributed by atoms with E-state index in [-0.39, 0.29) is 12.5 Å². The van der Waals surface area contributed by atoms with Crippen molar-refractivity contribution in [3.05, 3.63) is 78.4 Å². The number of nitrogens with one attached hydrogen (secondary N) is 1. The molecule has 0 heterocycles. The van der Waals surface area contributed by atoms with Gasteiger partial charge in [0.25, 0.3) is 0 Å². The third-order valence-corrected chi connectivity index (χ3v) is 4.71. The Balaban J connectivity index is 1.94. The number of carbonyl (C=O) groups is 2. The van der Waals surface area contributed by atoms with E-state index in [2.05, 4.69) is 5.32 Å². The summed E-state index contributed by atoms with van der Waals surface area (Å²) in [5.41, 5.74) is 1.54. The van der Waals surface area contributed by atoms with Gasteiger partial charge in [-0.25, -0.2) is 9.59 Å². The number of carboxylic acid groups (broad SMARTS) is 1. The number of benzene rings is 3. The molecule has 5 nitrogen and oxygen atoms in total. The fourth-order valence-corrected chi connectivity index (χ4v) is 3.38. The van der Waals surface area contributed by atoms with Gasteiger partial charge in [0.1, 0.15) is 6.04 Å². The maximum atomic E-state index is 13.2. The van der Waals surface area contributed by atoms with Gasteiger partial charge in [-0.1, -0.05) is 80.6 Å². The van der Waals surface area contributed by atoms with Crippen molar-refractivity contribution in [1.82, 2.24) is 4.90 Å². The van der Waals surface area contributed by atoms with Gasteiger partial charge in [-0.3, -0.25) is 0 Å². The molecule has 0 aliphatic heterocycles. The van der Waals surface area contributed by atoms with Crippen LogP contribution in [0.25, 0.3) is 10.8 Å². The lowest BCUT2D eigenvalue weighted by Gasteiger charge is -2.31. The number of fused-ring (bicyclic) bond motifs is 1. The van der Waals surface area contributed by atoms with Crippen LogP contribution in [0, 0.1) is 5.92 Å². The number of amides is 2. The molecule has 1 atom stereocenters. The molecule has 0 fully saturated rings. The van der Waals surface area contributed by atoms with E-state index in [1.54, 1.807) is 0 Å². The first-order valence-electron chi connectivity index (χ1n) is 9.29. The molecular formula is C23H24N2O3. The first-order chi connectivity index (χ1) is 13.5. The molecular weight excluding hydrogens is 352 g/mol. The Labute approximate surface area is 164 Å². The number of hydrogen-bond acceptors (Lipinski definition) is 2. The van der Waals surface area contributed by atoms with Crippen LogP contribution in [0.4, 0.5) is 10.5 Å². The molecule has 0 saturated carbocycles. The first-order valence-corrected chi connectivity index (χ1v) is 9.29. The van der Waals surface area contributed by atoms with Crippen LogP contribution in [0.2, 0.25) is 0 Å². The topological polar surface area (TPSA) is 69.6 Å². The van der Waals surface area contributed by atoms with Gasteiger partial charge in [0.2, 0.25) is 0 Å². The smallest absolute Gasteiger partial charge is 0.326 e. The van der Waals surface area contributed by atoms with Crippen molar-refractivity contribution in [2.75, 3.05) is 5.32 Å². The Morgan fingerprint density at radius 3 is 2.25 bits per heavy atom. The summed E-state index contributed by atoms with van der Waals surface area (Å²) in [6, 6.07) is 21.5. The van der Waals surface area contributed by atoms with E-state index in [1.165, 1.54) is 4.90 Å². The highest BCUT2D eigenvalue weighted by atomic mass is 16.4. The minimum Gasteiger partial charge on any atom is -0.480 e. The molecule has 0 aliphatic rings. The molecule has 0 radical (unpaired) electrons. The normalized spacial score (nSPS) is 12.0. The lowest BCUT2D eigenvalue weighted by Crippen LogP contribution is -2.49. The SMILES string of the molecule is CC(C)[C@@H](C(=O)O)N(Cc1ccccc1)C(=O)Nc1cccc2ccccc12. The van der Waals surface area contributed by atoms with Gasteiger partial charge in [0.05, 0.1) is 5.69 Å². The van der Waals surface area contributed by atoms with Crippen LogP contribution in [0.5, 0.6) is 0 Å². The van der Waals surface area contributed by atoms with Gasteiger partial charge in [0.15, 0.2) is 0 Å². The summed E-state index contributed by atoms with van der Waals surface area (Å²) >= 11 is 0. The number of carbonyl (C=O) groups excluding carboxylic acids is 1. The predicted molar refractivity (Wildman–Crippen MR) is 111 cm³/mol. The molecule has 0 spiro atoms. The molecule has 3 rings (SSSR count).